The van der Waals surface area contributed by atoms with Crippen LogP contribution in [0.2, 0.25) is 0 Å². The summed E-state index contributed by atoms with van der Waals surface area (Å²) in [5.74, 6) is 0.836. The Labute approximate surface area is 199 Å². The summed E-state index contributed by atoms with van der Waals surface area (Å²) in [6.07, 6.45) is 1.38. The number of aliphatic imine (C=N–C) groups is 1. The minimum absolute atomic E-state index is 0. The molecule has 0 amide bonds. The van der Waals surface area contributed by atoms with Crippen molar-refractivity contribution in [2.24, 2.45) is 4.99 Å². The highest BCUT2D eigenvalue weighted by Crippen LogP contribution is 2.12. The Balaban J connectivity index is 0.00000450. The zero-order valence-electron chi connectivity index (χ0n) is 19.0. The van der Waals surface area contributed by atoms with Gasteiger partial charge in [-0.2, -0.15) is 0 Å². The number of guanidine groups is 1. The smallest absolute Gasteiger partial charge is 0.191 e. The summed E-state index contributed by atoms with van der Waals surface area (Å²) in [6.45, 7) is 10.4. The summed E-state index contributed by atoms with van der Waals surface area (Å²) in [5.41, 5.74) is 2.61. The van der Waals surface area contributed by atoms with Crippen molar-refractivity contribution in [3.05, 3.63) is 35.4 Å². The Morgan fingerprint density at radius 2 is 2.10 bits per heavy atom. The fourth-order valence-electron chi connectivity index (χ4n) is 3.49. The first kappa shape index (κ1) is 27.1. The first-order chi connectivity index (χ1) is 14.1. The second-order valence-electron chi connectivity index (χ2n) is 7.74. The fraction of sp³-hybridized carbons (Fsp3) is 0.682. The average Bonchev–Trinajstić information content (AvgIpc) is 2.71. The third-order valence-electron chi connectivity index (χ3n) is 5.08. The van der Waals surface area contributed by atoms with Crippen molar-refractivity contribution >= 4 is 29.9 Å². The molecule has 2 rings (SSSR count). The van der Waals surface area contributed by atoms with Crippen LogP contribution >= 0.6 is 24.0 Å². The van der Waals surface area contributed by atoms with Gasteiger partial charge < -0.3 is 25.0 Å². The maximum absolute atomic E-state index is 5.64. The van der Waals surface area contributed by atoms with E-state index in [1.54, 1.807) is 7.11 Å². The quantitative estimate of drug-likeness (QED) is 0.197. The van der Waals surface area contributed by atoms with Crippen LogP contribution in [0.25, 0.3) is 0 Å². The van der Waals surface area contributed by atoms with Crippen LogP contribution in [0.15, 0.2) is 29.3 Å². The summed E-state index contributed by atoms with van der Waals surface area (Å²) in [6, 6.07) is 8.79. The molecule has 1 aliphatic heterocycles. The van der Waals surface area contributed by atoms with Crippen molar-refractivity contribution in [1.29, 1.82) is 0 Å². The lowest BCUT2D eigenvalue weighted by molar-refractivity contribution is -0.0212. The van der Waals surface area contributed by atoms with Crippen LogP contribution in [-0.2, 0) is 22.6 Å². The number of benzene rings is 1. The third kappa shape index (κ3) is 10.9. The number of ether oxygens (including phenoxy) is 2. The van der Waals surface area contributed by atoms with Crippen LogP contribution in [0.5, 0.6) is 0 Å². The van der Waals surface area contributed by atoms with E-state index in [1.807, 2.05) is 7.05 Å². The van der Waals surface area contributed by atoms with Gasteiger partial charge in [-0.05, 0) is 31.5 Å². The van der Waals surface area contributed by atoms with E-state index in [-0.39, 0.29) is 24.0 Å². The van der Waals surface area contributed by atoms with Crippen molar-refractivity contribution in [3.63, 3.8) is 0 Å². The number of nitrogens with one attached hydrogen (secondary N) is 2. The van der Waals surface area contributed by atoms with Crippen molar-refractivity contribution in [2.45, 2.75) is 32.5 Å². The van der Waals surface area contributed by atoms with Crippen LogP contribution in [0.4, 0.5) is 0 Å². The molecule has 1 aromatic carbocycles. The second kappa shape index (κ2) is 15.8. The molecule has 30 heavy (non-hydrogen) atoms. The number of likely N-dealkylation sites (N-methyl/N-ethyl adjacent to an activating group) is 1. The largest absolute Gasteiger partial charge is 0.385 e. The van der Waals surface area contributed by atoms with Crippen molar-refractivity contribution in [3.8, 4) is 0 Å². The first-order valence-corrected chi connectivity index (χ1v) is 10.6. The highest BCUT2D eigenvalue weighted by atomic mass is 127. The van der Waals surface area contributed by atoms with E-state index in [2.05, 4.69) is 63.7 Å². The minimum Gasteiger partial charge on any atom is -0.385 e. The van der Waals surface area contributed by atoms with Crippen LogP contribution in [0, 0.1) is 0 Å². The van der Waals surface area contributed by atoms with Crippen LogP contribution < -0.4 is 10.6 Å². The number of rotatable bonds is 11. The van der Waals surface area contributed by atoms with Crippen molar-refractivity contribution in [2.75, 3.05) is 67.1 Å². The van der Waals surface area contributed by atoms with Gasteiger partial charge in [0, 0.05) is 66.6 Å². The Morgan fingerprint density at radius 1 is 1.30 bits per heavy atom. The van der Waals surface area contributed by atoms with Crippen LogP contribution in [0.1, 0.15) is 24.5 Å². The monoisotopic (exact) mass is 533 g/mol. The molecule has 0 aromatic heterocycles. The molecule has 1 saturated heterocycles. The maximum Gasteiger partial charge on any atom is 0.191 e. The first-order valence-electron chi connectivity index (χ1n) is 10.6. The molecule has 0 spiro atoms. The lowest BCUT2D eigenvalue weighted by atomic mass is 10.1. The number of methoxy groups -OCH3 is 1. The molecular formula is C22H40IN5O2. The van der Waals surface area contributed by atoms with Gasteiger partial charge in [0.05, 0.1) is 12.7 Å². The lowest BCUT2D eigenvalue weighted by Gasteiger charge is -2.31. The van der Waals surface area contributed by atoms with E-state index < -0.39 is 0 Å². The normalized spacial score (nSPS) is 17.6. The van der Waals surface area contributed by atoms with Gasteiger partial charge in [0.15, 0.2) is 5.96 Å². The number of halogens is 1. The standard InChI is InChI=1S/C22H39N5O2.HI/c1-19-17-27(12-14-29-19)18-21-8-5-7-20(15-21)16-25-22(23-2)24-9-11-26(3)10-6-13-28-4;/h5,7-8,15,19H,6,9-14,16-18H2,1-4H3,(H2,23,24,25);1H. The minimum atomic E-state index is 0. The van der Waals surface area contributed by atoms with Gasteiger partial charge in [-0.1, -0.05) is 24.3 Å². The Hall–Kier alpha value is -0.940. The van der Waals surface area contributed by atoms with Gasteiger partial charge in [0.25, 0.3) is 0 Å². The van der Waals surface area contributed by atoms with Crippen LogP contribution in [-0.4, -0.2) is 89.0 Å². The van der Waals surface area contributed by atoms with E-state index in [0.29, 0.717) is 6.10 Å². The molecular weight excluding hydrogens is 493 g/mol. The molecule has 8 heteroatoms. The molecule has 1 unspecified atom stereocenters. The molecule has 172 valence electrons. The highest BCUT2D eigenvalue weighted by Gasteiger charge is 2.16. The molecule has 0 saturated carbocycles. The molecule has 7 nitrogen and oxygen atoms in total. The zero-order valence-corrected chi connectivity index (χ0v) is 21.4. The topological polar surface area (TPSA) is 61.4 Å². The Bertz CT molecular complexity index is 617. The summed E-state index contributed by atoms with van der Waals surface area (Å²) in [7, 11) is 5.69. The molecule has 0 aliphatic carbocycles. The van der Waals surface area contributed by atoms with E-state index >= 15 is 0 Å². The van der Waals surface area contributed by atoms with Gasteiger partial charge in [-0.15, -0.1) is 24.0 Å². The molecule has 1 fully saturated rings. The van der Waals surface area contributed by atoms with E-state index in [1.165, 1.54) is 11.1 Å². The number of hydrogen-bond donors (Lipinski definition) is 2. The summed E-state index contributed by atoms with van der Waals surface area (Å²) in [5, 5.41) is 6.81. The van der Waals surface area contributed by atoms with Gasteiger partial charge in [-0.25, -0.2) is 0 Å². The average molecular weight is 533 g/mol. The zero-order chi connectivity index (χ0) is 20.9. The second-order valence-corrected chi connectivity index (χ2v) is 7.74. The Morgan fingerprint density at radius 3 is 2.83 bits per heavy atom. The number of hydrogen-bond acceptors (Lipinski definition) is 5. The van der Waals surface area contributed by atoms with Gasteiger partial charge in [-0.3, -0.25) is 9.89 Å². The SMILES string of the molecule is CN=C(NCCN(C)CCCOC)NCc1cccc(CN2CCOC(C)C2)c1.I. The summed E-state index contributed by atoms with van der Waals surface area (Å²) in [4.78, 5) is 9.10. The maximum atomic E-state index is 5.64. The van der Waals surface area contributed by atoms with E-state index in [9.17, 15) is 0 Å². The summed E-state index contributed by atoms with van der Waals surface area (Å²) < 4.78 is 10.7. The number of nitrogens with zero attached hydrogens (tertiary/aromatic N) is 3. The van der Waals surface area contributed by atoms with Gasteiger partial charge in [0.2, 0.25) is 0 Å². The lowest BCUT2D eigenvalue weighted by Crippen LogP contribution is -2.41. The van der Waals surface area contributed by atoms with Crippen LogP contribution in [0.3, 0.4) is 0 Å². The van der Waals surface area contributed by atoms with E-state index in [0.717, 1.165) is 71.4 Å². The summed E-state index contributed by atoms with van der Waals surface area (Å²) >= 11 is 0. The molecule has 1 atom stereocenters. The Kier molecular flexibility index (Phi) is 14.3. The van der Waals surface area contributed by atoms with Gasteiger partial charge in [0.1, 0.15) is 0 Å². The van der Waals surface area contributed by atoms with E-state index in [4.69, 9.17) is 9.47 Å². The highest BCUT2D eigenvalue weighted by molar-refractivity contribution is 14.0. The van der Waals surface area contributed by atoms with Gasteiger partial charge >= 0.3 is 0 Å². The third-order valence-corrected chi connectivity index (χ3v) is 5.08. The predicted octanol–water partition coefficient (Wildman–Crippen LogP) is 2.16. The van der Waals surface area contributed by atoms with Crippen molar-refractivity contribution in [1.82, 2.24) is 20.4 Å². The molecule has 1 heterocycles. The fourth-order valence-corrected chi connectivity index (χ4v) is 3.49. The predicted molar refractivity (Wildman–Crippen MR) is 135 cm³/mol. The van der Waals surface area contributed by atoms with Crippen molar-refractivity contribution < 1.29 is 9.47 Å². The molecule has 1 aliphatic rings. The molecule has 0 bridgehead atoms. The molecule has 2 N–H and O–H groups in total. The molecule has 1 aromatic rings. The molecule has 0 radical (unpaired) electrons. The number of morpholine rings is 1.